The van der Waals surface area contributed by atoms with Gasteiger partial charge in [-0.1, -0.05) is 0 Å². The highest BCUT2D eigenvalue weighted by atomic mass is 32.2. The zero-order chi connectivity index (χ0) is 18.0. The number of piperidine rings is 1. The van der Waals surface area contributed by atoms with Crippen molar-refractivity contribution in [1.82, 2.24) is 28.1 Å². The lowest BCUT2D eigenvalue weighted by molar-refractivity contribution is 0.261. The summed E-state index contributed by atoms with van der Waals surface area (Å²) in [6.45, 7) is 1.11. The van der Waals surface area contributed by atoms with Crippen molar-refractivity contribution in [2.45, 2.75) is 19.3 Å². The van der Waals surface area contributed by atoms with Crippen molar-refractivity contribution < 1.29 is 8.42 Å². The lowest BCUT2D eigenvalue weighted by Gasteiger charge is -2.32. The van der Waals surface area contributed by atoms with Crippen molar-refractivity contribution in [2.24, 2.45) is 13.0 Å². The highest BCUT2D eigenvalue weighted by molar-refractivity contribution is 7.86. The number of hydrogen-bond donors (Lipinski definition) is 0. The van der Waals surface area contributed by atoms with Crippen LogP contribution in [-0.2, 0) is 23.7 Å². The zero-order valence-electron chi connectivity index (χ0n) is 14.8. The second-order valence-electron chi connectivity index (χ2n) is 6.62. The molecule has 0 aliphatic carbocycles. The van der Waals surface area contributed by atoms with E-state index in [-0.39, 0.29) is 0 Å². The molecule has 0 radical (unpaired) electrons. The van der Waals surface area contributed by atoms with E-state index in [1.807, 2.05) is 11.6 Å². The summed E-state index contributed by atoms with van der Waals surface area (Å²) < 4.78 is 29.1. The predicted molar refractivity (Wildman–Crippen MR) is 94.8 cm³/mol. The van der Waals surface area contributed by atoms with Gasteiger partial charge >= 0.3 is 0 Å². The molecule has 25 heavy (non-hydrogen) atoms. The maximum atomic E-state index is 12.2. The van der Waals surface area contributed by atoms with Gasteiger partial charge in [0.25, 0.3) is 10.2 Å². The van der Waals surface area contributed by atoms with E-state index in [0.717, 1.165) is 36.3 Å². The van der Waals surface area contributed by atoms with Crippen LogP contribution >= 0.6 is 0 Å². The molecule has 1 aliphatic rings. The summed E-state index contributed by atoms with van der Waals surface area (Å²) in [6, 6.07) is 0. The van der Waals surface area contributed by atoms with Crippen molar-refractivity contribution in [3.8, 4) is 11.4 Å². The molecule has 0 aromatic carbocycles. The van der Waals surface area contributed by atoms with Crippen LogP contribution in [-0.4, -0.2) is 63.7 Å². The molecule has 1 saturated heterocycles. The molecular weight excluding hydrogens is 340 g/mol. The summed E-state index contributed by atoms with van der Waals surface area (Å²) in [6.07, 6.45) is 9.54. The number of imidazole rings is 1. The highest BCUT2D eigenvalue weighted by Crippen LogP contribution is 2.24. The van der Waals surface area contributed by atoms with E-state index >= 15 is 0 Å². The third-order valence-electron chi connectivity index (χ3n) is 4.62. The second-order valence-corrected chi connectivity index (χ2v) is 8.76. The summed E-state index contributed by atoms with van der Waals surface area (Å²) in [4.78, 5) is 13.1. The van der Waals surface area contributed by atoms with Gasteiger partial charge in [-0.3, -0.25) is 4.98 Å². The third-order valence-corrected chi connectivity index (χ3v) is 6.56. The molecule has 0 unspecified atom stereocenters. The summed E-state index contributed by atoms with van der Waals surface area (Å²) in [5.74, 6) is 0.421. The van der Waals surface area contributed by atoms with Crippen molar-refractivity contribution >= 4 is 10.2 Å². The molecule has 2 aromatic rings. The van der Waals surface area contributed by atoms with Gasteiger partial charge in [-0.2, -0.15) is 17.0 Å². The second kappa shape index (κ2) is 7.19. The van der Waals surface area contributed by atoms with Gasteiger partial charge in [0.1, 0.15) is 5.69 Å². The number of hydrogen-bond acceptors (Lipinski definition) is 5. The minimum Gasteiger partial charge on any atom is -0.332 e. The average Bonchev–Trinajstić information content (AvgIpc) is 3.01. The van der Waals surface area contributed by atoms with Crippen LogP contribution in [0.1, 0.15) is 18.5 Å². The third kappa shape index (κ3) is 3.88. The van der Waals surface area contributed by atoms with Crippen molar-refractivity contribution in [2.75, 3.05) is 27.2 Å². The lowest BCUT2D eigenvalue weighted by Crippen LogP contribution is -2.44. The Bertz CT molecular complexity index is 825. The molecule has 3 heterocycles. The average molecular weight is 364 g/mol. The fourth-order valence-electron chi connectivity index (χ4n) is 3.10. The molecular formula is C16H24N6O2S. The Kier molecular flexibility index (Phi) is 5.16. The van der Waals surface area contributed by atoms with Crippen LogP contribution in [0.5, 0.6) is 0 Å². The molecule has 0 spiro atoms. The Hall–Kier alpha value is -1.84. The fraction of sp³-hybridized carbons (Fsp3) is 0.562. The molecule has 2 aromatic heterocycles. The van der Waals surface area contributed by atoms with Gasteiger partial charge in [-0.15, -0.1) is 0 Å². The van der Waals surface area contributed by atoms with Crippen LogP contribution in [0.25, 0.3) is 11.4 Å². The monoisotopic (exact) mass is 364 g/mol. The van der Waals surface area contributed by atoms with E-state index in [9.17, 15) is 8.42 Å². The van der Waals surface area contributed by atoms with Gasteiger partial charge in [0.05, 0.1) is 30.1 Å². The number of aryl methyl sites for hydroxylation is 1. The first kappa shape index (κ1) is 18.0. The van der Waals surface area contributed by atoms with Gasteiger partial charge in [0.15, 0.2) is 0 Å². The molecule has 8 nitrogen and oxygen atoms in total. The van der Waals surface area contributed by atoms with Crippen molar-refractivity contribution in [1.29, 1.82) is 0 Å². The lowest BCUT2D eigenvalue weighted by atomic mass is 9.93. The van der Waals surface area contributed by atoms with Gasteiger partial charge in [0, 0.05) is 40.4 Å². The Morgan fingerprint density at radius 2 is 1.88 bits per heavy atom. The first-order valence-electron chi connectivity index (χ1n) is 8.33. The zero-order valence-corrected chi connectivity index (χ0v) is 15.6. The summed E-state index contributed by atoms with van der Waals surface area (Å²) in [5.41, 5.74) is 2.68. The first-order valence-corrected chi connectivity index (χ1v) is 9.73. The van der Waals surface area contributed by atoms with E-state index in [1.165, 1.54) is 4.31 Å². The molecule has 0 N–H and O–H groups in total. The van der Waals surface area contributed by atoms with Crippen LogP contribution in [0, 0.1) is 5.92 Å². The number of nitrogens with zero attached hydrogens (tertiary/aromatic N) is 6. The standard InChI is InChI=1S/C16H24N6O2S/c1-20(2)25(23,24)22-6-4-13(5-7-22)8-14-9-17-10-15(19-14)16-11-18-12-21(16)3/h9-13H,4-8H2,1-3H3. The normalized spacial score (nSPS) is 17.3. The van der Waals surface area contributed by atoms with Crippen LogP contribution in [0.15, 0.2) is 24.9 Å². The summed E-state index contributed by atoms with van der Waals surface area (Å²) >= 11 is 0. The van der Waals surface area contributed by atoms with Crippen molar-refractivity contribution in [3.05, 3.63) is 30.6 Å². The van der Waals surface area contributed by atoms with Crippen LogP contribution in [0.3, 0.4) is 0 Å². The van der Waals surface area contributed by atoms with Crippen LogP contribution < -0.4 is 0 Å². The number of aromatic nitrogens is 4. The smallest absolute Gasteiger partial charge is 0.281 e. The highest BCUT2D eigenvalue weighted by Gasteiger charge is 2.29. The van der Waals surface area contributed by atoms with Gasteiger partial charge in [-0.25, -0.2) is 9.97 Å². The van der Waals surface area contributed by atoms with Crippen molar-refractivity contribution in [3.63, 3.8) is 0 Å². The Balaban J connectivity index is 1.64. The quantitative estimate of drug-likeness (QED) is 0.788. The van der Waals surface area contributed by atoms with Gasteiger partial charge in [0.2, 0.25) is 0 Å². The molecule has 0 bridgehead atoms. The number of rotatable bonds is 5. The van der Waals surface area contributed by atoms with E-state index in [4.69, 9.17) is 4.98 Å². The molecule has 0 amide bonds. The van der Waals surface area contributed by atoms with E-state index in [2.05, 4.69) is 9.97 Å². The van der Waals surface area contributed by atoms with Crippen LogP contribution in [0.4, 0.5) is 0 Å². The minimum atomic E-state index is -3.31. The van der Waals surface area contributed by atoms with E-state index in [0.29, 0.717) is 19.0 Å². The molecule has 9 heteroatoms. The summed E-state index contributed by atoms with van der Waals surface area (Å²) in [5, 5.41) is 0. The summed E-state index contributed by atoms with van der Waals surface area (Å²) in [7, 11) is 1.76. The molecule has 0 saturated carbocycles. The SMILES string of the molecule is CN(C)S(=O)(=O)N1CCC(Cc2cncc(-c3cncn3C)n2)CC1. The van der Waals surface area contributed by atoms with Gasteiger partial charge < -0.3 is 4.57 Å². The first-order chi connectivity index (χ1) is 11.9. The Morgan fingerprint density at radius 3 is 2.48 bits per heavy atom. The Labute approximate surface area is 148 Å². The van der Waals surface area contributed by atoms with E-state index < -0.39 is 10.2 Å². The maximum Gasteiger partial charge on any atom is 0.281 e. The fourth-order valence-corrected chi connectivity index (χ4v) is 4.24. The van der Waals surface area contributed by atoms with Crippen LogP contribution in [0.2, 0.25) is 0 Å². The predicted octanol–water partition coefficient (Wildman–Crippen LogP) is 0.938. The largest absolute Gasteiger partial charge is 0.332 e. The Morgan fingerprint density at radius 1 is 1.16 bits per heavy atom. The molecule has 136 valence electrons. The topological polar surface area (TPSA) is 84.2 Å². The maximum absolute atomic E-state index is 12.2. The minimum absolute atomic E-state index is 0.421. The molecule has 1 aliphatic heterocycles. The van der Waals surface area contributed by atoms with Gasteiger partial charge in [-0.05, 0) is 25.2 Å². The molecule has 1 fully saturated rings. The van der Waals surface area contributed by atoms with E-state index in [1.54, 1.807) is 43.3 Å². The molecule has 3 rings (SSSR count). The molecule has 0 atom stereocenters.